The molecule has 36 heavy (non-hydrogen) atoms. The van der Waals surface area contributed by atoms with Crippen LogP contribution < -0.4 is 16.2 Å². The summed E-state index contributed by atoms with van der Waals surface area (Å²) in [7, 11) is 0. The number of carbonyl (C=O) groups is 1. The fourth-order valence-electron chi connectivity index (χ4n) is 3.48. The number of nitrogens with two attached hydrogens (primary N) is 2. The predicted octanol–water partition coefficient (Wildman–Crippen LogP) is 4.47. The molecule has 1 aromatic carbocycles. The van der Waals surface area contributed by atoms with Gasteiger partial charge >= 0.3 is 0 Å². The van der Waals surface area contributed by atoms with E-state index in [0.29, 0.717) is 18.3 Å². The van der Waals surface area contributed by atoms with Crippen molar-refractivity contribution in [1.29, 1.82) is 0 Å². The Hall–Kier alpha value is -3.97. The number of ether oxygens (including phenoxy) is 1. The van der Waals surface area contributed by atoms with Crippen molar-refractivity contribution in [1.82, 2.24) is 4.90 Å². The highest BCUT2D eigenvalue weighted by molar-refractivity contribution is 5.99. The van der Waals surface area contributed by atoms with E-state index in [2.05, 4.69) is 42.3 Å². The number of hydrogen-bond donors (Lipinski definition) is 2. The maximum Gasteiger partial charge on any atom is 0.231 e. The first-order valence-electron chi connectivity index (χ1n) is 11.8. The highest BCUT2D eigenvalue weighted by atomic mass is 16.5. The Balaban J connectivity index is 0.000000517. The van der Waals surface area contributed by atoms with Crippen molar-refractivity contribution in [2.45, 2.75) is 58.0 Å². The van der Waals surface area contributed by atoms with Crippen LogP contribution in [-0.2, 0) is 4.79 Å². The van der Waals surface area contributed by atoms with Crippen LogP contribution in [0.4, 0.5) is 0 Å². The van der Waals surface area contributed by atoms with E-state index in [9.17, 15) is 4.79 Å². The van der Waals surface area contributed by atoms with Crippen LogP contribution in [0.5, 0.6) is 5.75 Å². The van der Waals surface area contributed by atoms with E-state index >= 15 is 0 Å². The fourth-order valence-corrected chi connectivity index (χ4v) is 3.48. The molecule has 1 amide bonds. The number of benzene rings is 1. The van der Waals surface area contributed by atoms with E-state index in [0.717, 1.165) is 30.9 Å². The summed E-state index contributed by atoms with van der Waals surface area (Å²) in [5.74, 6) is 2.12. The summed E-state index contributed by atoms with van der Waals surface area (Å²) in [5.41, 5.74) is 11.9. The van der Waals surface area contributed by atoms with E-state index in [-0.39, 0.29) is 17.5 Å². The topological polar surface area (TPSA) is 106 Å². The summed E-state index contributed by atoms with van der Waals surface area (Å²) < 4.78 is 5.49. The Labute approximate surface area is 217 Å². The highest BCUT2D eigenvalue weighted by Crippen LogP contribution is 2.33. The van der Waals surface area contributed by atoms with Crippen LogP contribution in [0.15, 0.2) is 59.1 Å². The fraction of sp³-hybridized carbons (Fsp3) is 0.414. The average Bonchev–Trinajstić information content (AvgIpc) is 3.70. The Bertz CT molecular complexity index is 933. The zero-order valence-corrected chi connectivity index (χ0v) is 21.8. The van der Waals surface area contributed by atoms with Crippen molar-refractivity contribution in [2.24, 2.45) is 27.4 Å². The standard InChI is InChI=1S/C10H17N3O.C10H12N2O.C5H8.2C2H2/c1-10(2)5-8(14)13(9(11)12-10)6-7-3-4-7;11-7-12-9-5-6-13-10-4-2-1-3-8(9)10;1-3-5-4-2;2*1-2/h7H,3-6H2,1-2H3,(H2,11,12);1-4,7,9H,5-6H2,(H2,11,12);3-5H,1H2,2H3;2*1-2H/b;;5-4-;;/t;9-;;;/m.0.../s1. The molecule has 0 unspecified atom stereocenters. The molecule has 2 heterocycles. The molecule has 1 fully saturated rings. The molecule has 4 N–H and O–H groups in total. The predicted molar refractivity (Wildman–Crippen MR) is 152 cm³/mol. The normalized spacial score (nSPS) is 19.2. The minimum absolute atomic E-state index is 0.120. The van der Waals surface area contributed by atoms with Crippen molar-refractivity contribution in [3.8, 4) is 31.4 Å². The Morgan fingerprint density at radius 2 is 1.86 bits per heavy atom. The number of guanidine groups is 1. The summed E-state index contributed by atoms with van der Waals surface area (Å²) in [6.45, 7) is 10.8. The van der Waals surface area contributed by atoms with Gasteiger partial charge in [0.1, 0.15) is 5.75 Å². The molecule has 0 radical (unpaired) electrons. The molecule has 7 heteroatoms. The Morgan fingerprint density at radius 3 is 2.36 bits per heavy atom. The van der Waals surface area contributed by atoms with Gasteiger partial charge in [0, 0.05) is 18.5 Å². The van der Waals surface area contributed by atoms with Gasteiger partial charge in [-0.2, -0.15) is 0 Å². The number of amides is 1. The van der Waals surface area contributed by atoms with Gasteiger partial charge < -0.3 is 16.2 Å². The van der Waals surface area contributed by atoms with E-state index in [1.807, 2.05) is 57.2 Å². The second-order valence-electron chi connectivity index (χ2n) is 8.66. The second-order valence-corrected chi connectivity index (χ2v) is 8.66. The van der Waals surface area contributed by atoms with Gasteiger partial charge in [0.05, 0.1) is 30.9 Å². The number of terminal acetylenes is 2. The van der Waals surface area contributed by atoms with Gasteiger partial charge in [0.2, 0.25) is 5.91 Å². The van der Waals surface area contributed by atoms with Gasteiger partial charge in [-0.05, 0) is 45.6 Å². The molecule has 1 aromatic rings. The minimum atomic E-state index is -0.318. The maximum atomic E-state index is 11.7. The first-order valence-corrected chi connectivity index (χ1v) is 11.8. The van der Waals surface area contributed by atoms with Crippen molar-refractivity contribution in [3.05, 3.63) is 54.6 Å². The molecular weight excluding hydrogens is 450 g/mol. The zero-order chi connectivity index (χ0) is 27.6. The van der Waals surface area contributed by atoms with Crippen molar-refractivity contribution < 1.29 is 9.53 Å². The van der Waals surface area contributed by atoms with Gasteiger partial charge in [-0.1, -0.05) is 43.0 Å². The molecule has 2 aliphatic heterocycles. The van der Waals surface area contributed by atoms with Gasteiger partial charge in [-0.3, -0.25) is 14.7 Å². The van der Waals surface area contributed by atoms with Crippen molar-refractivity contribution in [3.63, 3.8) is 0 Å². The molecule has 1 aliphatic carbocycles. The third-order valence-corrected chi connectivity index (χ3v) is 5.24. The molecule has 0 spiro atoms. The van der Waals surface area contributed by atoms with Gasteiger partial charge in [0.15, 0.2) is 5.96 Å². The molecule has 7 nitrogen and oxygen atoms in total. The van der Waals surface area contributed by atoms with Crippen LogP contribution in [0.2, 0.25) is 0 Å². The average molecular weight is 492 g/mol. The van der Waals surface area contributed by atoms with Crippen LogP contribution in [0.25, 0.3) is 0 Å². The molecule has 0 aromatic heterocycles. The van der Waals surface area contributed by atoms with Gasteiger partial charge in [-0.25, -0.2) is 4.99 Å². The Kier molecular flexibility index (Phi) is 15.5. The van der Waals surface area contributed by atoms with Crippen LogP contribution in [-0.4, -0.2) is 41.8 Å². The third-order valence-electron chi connectivity index (χ3n) is 5.24. The summed E-state index contributed by atoms with van der Waals surface area (Å²) in [4.78, 5) is 21.9. The molecule has 0 saturated heterocycles. The monoisotopic (exact) mass is 491 g/mol. The second kappa shape index (κ2) is 17.5. The molecule has 1 atom stereocenters. The van der Waals surface area contributed by atoms with Crippen LogP contribution in [0.3, 0.4) is 0 Å². The smallest absolute Gasteiger partial charge is 0.231 e. The lowest BCUT2D eigenvalue weighted by molar-refractivity contribution is -0.129. The van der Waals surface area contributed by atoms with Crippen molar-refractivity contribution in [2.75, 3.05) is 13.2 Å². The quantitative estimate of drug-likeness (QED) is 0.280. The molecular formula is C29H41N5O2. The summed E-state index contributed by atoms with van der Waals surface area (Å²) in [6.07, 6.45) is 26.8. The lowest BCUT2D eigenvalue weighted by Crippen LogP contribution is -2.50. The number of hydrogen-bond acceptors (Lipinski definition) is 5. The van der Waals surface area contributed by atoms with E-state index in [1.165, 1.54) is 19.2 Å². The third kappa shape index (κ3) is 11.4. The summed E-state index contributed by atoms with van der Waals surface area (Å²) >= 11 is 0. The molecule has 1 saturated carbocycles. The first-order chi connectivity index (χ1) is 17.3. The van der Waals surface area contributed by atoms with E-state index in [1.54, 1.807) is 11.0 Å². The van der Waals surface area contributed by atoms with Gasteiger partial charge in [-0.15, -0.1) is 25.7 Å². The highest BCUT2D eigenvalue weighted by Gasteiger charge is 2.35. The lowest BCUT2D eigenvalue weighted by atomic mass is 9.99. The lowest BCUT2D eigenvalue weighted by Gasteiger charge is -2.32. The number of allylic oxidation sites excluding steroid dienone is 3. The maximum absolute atomic E-state index is 11.7. The van der Waals surface area contributed by atoms with Crippen LogP contribution >= 0.6 is 0 Å². The summed E-state index contributed by atoms with van der Waals surface area (Å²) in [5, 5.41) is 0. The number of aliphatic imine (C=N–C) groups is 2. The molecule has 0 bridgehead atoms. The molecule has 3 aliphatic rings. The summed E-state index contributed by atoms with van der Waals surface area (Å²) in [6, 6.07) is 8.13. The largest absolute Gasteiger partial charge is 0.493 e. The number of para-hydroxylation sites is 1. The molecule has 4 rings (SSSR count). The SMILES string of the molecule is C#C.C#C.C=C/C=C\C.CC1(C)CC(=O)N(CC2CC2)C(N)=N1.NC=N[C@H]1CCOc2ccccc21. The van der Waals surface area contributed by atoms with Crippen LogP contribution in [0, 0.1) is 31.6 Å². The van der Waals surface area contributed by atoms with Crippen LogP contribution in [0.1, 0.15) is 58.1 Å². The van der Waals surface area contributed by atoms with E-state index in [4.69, 9.17) is 16.2 Å². The first kappa shape index (κ1) is 32.0. The zero-order valence-electron chi connectivity index (χ0n) is 21.8. The van der Waals surface area contributed by atoms with E-state index < -0.39 is 0 Å². The molecule has 194 valence electrons. The van der Waals surface area contributed by atoms with Crippen molar-refractivity contribution >= 4 is 18.2 Å². The minimum Gasteiger partial charge on any atom is -0.493 e. The number of carbonyl (C=O) groups excluding carboxylic acids is 1. The number of rotatable bonds is 4. The van der Waals surface area contributed by atoms with Gasteiger partial charge in [0.25, 0.3) is 0 Å². The number of nitrogens with zero attached hydrogens (tertiary/aromatic N) is 3. The Morgan fingerprint density at radius 1 is 1.22 bits per heavy atom. The number of fused-ring (bicyclic) bond motifs is 1.